The third kappa shape index (κ3) is 10.6. The van der Waals surface area contributed by atoms with Gasteiger partial charge in [-0.1, -0.05) is 30.3 Å². The Bertz CT molecular complexity index is 1940. The highest BCUT2D eigenvalue weighted by Gasteiger charge is 2.44. The summed E-state index contributed by atoms with van der Waals surface area (Å²) in [5, 5.41) is 15.6. The summed E-state index contributed by atoms with van der Waals surface area (Å²) in [5.41, 5.74) is 1.52. The molecule has 1 aromatic carbocycles. The molecule has 13 nitrogen and oxygen atoms in total. The van der Waals surface area contributed by atoms with Gasteiger partial charge in [-0.3, -0.25) is 19.4 Å². The molecule has 8 rings (SSSR count). The quantitative estimate of drug-likeness (QED) is 0.135. The number of anilines is 1. The molecule has 5 aliphatic rings. The zero-order valence-electron chi connectivity index (χ0n) is 35.7. The fourth-order valence-corrected chi connectivity index (χ4v) is 10.4. The minimum atomic E-state index is -2.66. The van der Waals surface area contributed by atoms with Crippen molar-refractivity contribution in [1.29, 1.82) is 0 Å². The third-order valence-electron chi connectivity index (χ3n) is 14.1. The highest BCUT2D eigenvalue weighted by Crippen LogP contribution is 2.43. The second-order valence-corrected chi connectivity index (χ2v) is 18.1. The summed E-state index contributed by atoms with van der Waals surface area (Å²) in [6.45, 7) is 11.0. The van der Waals surface area contributed by atoms with Crippen LogP contribution in [0.4, 0.5) is 14.7 Å². The topological polar surface area (TPSA) is 128 Å². The number of rotatable bonds is 17. The second-order valence-electron chi connectivity index (χ2n) is 18.1. The molecule has 0 radical (unpaired) electrons. The SMILES string of the molecule is C#CCCCCN1CCN(CCNC(=O)c2cnc(N3CC(c4nnc(C)n4C4CC5CCC(C4)N5CC[C@H](NC(=O)C4CCC(F)(F)CC4)c4ccccc4)C3)nc2)CC1. The maximum absolute atomic E-state index is 13.8. The molecule has 5 fully saturated rings. The van der Waals surface area contributed by atoms with Crippen molar-refractivity contribution in [3.63, 3.8) is 0 Å². The van der Waals surface area contributed by atoms with Gasteiger partial charge < -0.3 is 25.0 Å². The molecule has 1 aliphatic carbocycles. The minimum Gasteiger partial charge on any atom is -0.351 e. The van der Waals surface area contributed by atoms with Crippen molar-refractivity contribution in [2.75, 3.05) is 70.3 Å². The first-order chi connectivity index (χ1) is 29.6. The molecule has 0 spiro atoms. The number of carbonyl (C=O) groups excluding carboxylic acids is 2. The number of carbonyl (C=O) groups is 2. The summed E-state index contributed by atoms with van der Waals surface area (Å²) in [5.74, 6) is 2.24. The van der Waals surface area contributed by atoms with Crippen LogP contribution in [0.15, 0.2) is 42.7 Å². The van der Waals surface area contributed by atoms with Crippen molar-refractivity contribution in [2.24, 2.45) is 5.92 Å². The molecular weight excluding hydrogens is 777 g/mol. The molecule has 2 amide bonds. The van der Waals surface area contributed by atoms with Gasteiger partial charge >= 0.3 is 0 Å². The highest BCUT2D eigenvalue weighted by molar-refractivity contribution is 5.93. The lowest BCUT2D eigenvalue weighted by Gasteiger charge is -2.42. The number of alkyl halides is 2. The zero-order chi connectivity index (χ0) is 42.3. The van der Waals surface area contributed by atoms with Crippen LogP contribution in [0.3, 0.4) is 0 Å². The van der Waals surface area contributed by atoms with E-state index in [4.69, 9.17) is 11.5 Å². The van der Waals surface area contributed by atoms with Crippen LogP contribution < -0.4 is 15.5 Å². The van der Waals surface area contributed by atoms with E-state index in [1.165, 1.54) is 0 Å². The molecule has 328 valence electrons. The molecule has 3 atom stereocenters. The van der Waals surface area contributed by atoms with Crippen molar-refractivity contribution in [2.45, 2.75) is 120 Å². The lowest BCUT2D eigenvalue weighted by Crippen LogP contribution is -2.48. The van der Waals surface area contributed by atoms with Gasteiger partial charge in [0.15, 0.2) is 0 Å². The lowest BCUT2D eigenvalue weighted by atomic mass is 9.86. The van der Waals surface area contributed by atoms with Crippen LogP contribution >= 0.6 is 0 Å². The molecule has 2 aromatic heterocycles. The average molecular weight is 840 g/mol. The number of fused-ring (bicyclic) bond motifs is 2. The largest absolute Gasteiger partial charge is 0.351 e. The van der Waals surface area contributed by atoms with Gasteiger partial charge in [0.2, 0.25) is 17.8 Å². The first-order valence-electron chi connectivity index (χ1n) is 22.8. The van der Waals surface area contributed by atoms with Gasteiger partial charge in [-0.05, 0) is 76.8 Å². The van der Waals surface area contributed by atoms with E-state index in [1.807, 2.05) is 18.2 Å². The van der Waals surface area contributed by atoms with Crippen LogP contribution in [-0.4, -0.2) is 135 Å². The van der Waals surface area contributed by atoms with Gasteiger partial charge in [0.25, 0.3) is 5.91 Å². The van der Waals surface area contributed by atoms with Crippen molar-refractivity contribution in [3.05, 3.63) is 65.5 Å². The van der Waals surface area contributed by atoms with Gasteiger partial charge in [-0.2, -0.15) is 0 Å². The number of nitrogens with zero attached hydrogens (tertiary/aromatic N) is 9. The predicted octanol–water partition coefficient (Wildman–Crippen LogP) is 5.37. The number of unbranched alkanes of at least 4 members (excludes halogenated alkanes) is 2. The molecule has 3 aromatic rings. The number of amides is 2. The van der Waals surface area contributed by atoms with E-state index in [0.29, 0.717) is 36.2 Å². The average Bonchev–Trinajstić information content (AvgIpc) is 3.74. The standard InChI is InChI=1S/C46H63F2N11O2/c1-3-4-5-9-20-55-23-25-56(26-24-55)22-19-49-43(60)36-29-50-45(51-30-36)57-31-37(32-57)42-54-53-33(2)59(42)40-27-38-12-13-39(28-40)58(38)21-16-41(34-10-7-6-8-11-34)52-44(61)35-14-17-46(47,48)18-15-35/h1,6-8,10-11,29-30,35,37-41H,4-5,9,12-28,31-32H2,2H3,(H,49,60)(H,52,61)/t38?,39?,40?,41-/m0/s1. The molecular formula is C46H63F2N11O2. The Labute approximate surface area is 359 Å². The Morgan fingerprint density at radius 3 is 2.23 bits per heavy atom. The summed E-state index contributed by atoms with van der Waals surface area (Å²) in [4.78, 5) is 45.1. The van der Waals surface area contributed by atoms with Crippen molar-refractivity contribution >= 4 is 17.8 Å². The van der Waals surface area contributed by atoms with Gasteiger partial charge in [0.1, 0.15) is 11.6 Å². The summed E-state index contributed by atoms with van der Waals surface area (Å²) >= 11 is 0. The summed E-state index contributed by atoms with van der Waals surface area (Å²) in [6, 6.07) is 11.1. The number of hydrogen-bond donors (Lipinski definition) is 2. The monoisotopic (exact) mass is 840 g/mol. The Hall–Kier alpha value is -4.52. The van der Waals surface area contributed by atoms with Gasteiger partial charge in [-0.15, -0.1) is 22.5 Å². The maximum Gasteiger partial charge on any atom is 0.254 e. The number of aryl methyl sites for hydroxylation is 1. The highest BCUT2D eigenvalue weighted by atomic mass is 19.3. The molecule has 2 unspecified atom stereocenters. The Morgan fingerprint density at radius 2 is 1.56 bits per heavy atom. The number of piperazine rings is 1. The van der Waals surface area contributed by atoms with Crippen LogP contribution in [0.25, 0.3) is 0 Å². The van der Waals surface area contributed by atoms with Crippen LogP contribution in [0.5, 0.6) is 0 Å². The first-order valence-corrected chi connectivity index (χ1v) is 22.8. The third-order valence-corrected chi connectivity index (χ3v) is 14.1. The molecule has 4 saturated heterocycles. The maximum atomic E-state index is 13.8. The minimum absolute atomic E-state index is 0.0993. The van der Waals surface area contributed by atoms with E-state index in [2.05, 4.69) is 74.8 Å². The number of halogens is 2. The molecule has 61 heavy (non-hydrogen) atoms. The number of piperidine rings is 1. The molecule has 2 bridgehead atoms. The number of nitrogens with one attached hydrogen (secondary N) is 2. The van der Waals surface area contributed by atoms with Gasteiger partial charge in [-0.25, -0.2) is 18.7 Å². The van der Waals surface area contributed by atoms with Crippen LogP contribution in [0.2, 0.25) is 0 Å². The number of hydrogen-bond acceptors (Lipinski definition) is 10. The Balaban J connectivity index is 0.794. The second kappa shape index (κ2) is 19.7. The predicted molar refractivity (Wildman–Crippen MR) is 230 cm³/mol. The first kappa shape index (κ1) is 43.1. The summed E-state index contributed by atoms with van der Waals surface area (Å²) in [6.07, 6.45) is 16.8. The van der Waals surface area contributed by atoms with E-state index in [0.717, 1.165) is 127 Å². The summed E-state index contributed by atoms with van der Waals surface area (Å²) in [7, 11) is 0. The Kier molecular flexibility index (Phi) is 13.9. The van der Waals surface area contributed by atoms with Gasteiger partial charge in [0, 0.05) is 115 Å². The van der Waals surface area contributed by atoms with Crippen LogP contribution in [0, 0.1) is 25.2 Å². The van der Waals surface area contributed by atoms with E-state index in [9.17, 15) is 18.4 Å². The number of benzene rings is 1. The smallest absolute Gasteiger partial charge is 0.254 e. The number of terminal acetylenes is 1. The fourth-order valence-electron chi connectivity index (χ4n) is 10.4. The molecule has 6 heterocycles. The van der Waals surface area contributed by atoms with Crippen molar-refractivity contribution in [3.8, 4) is 12.3 Å². The van der Waals surface area contributed by atoms with Crippen molar-refractivity contribution in [1.82, 2.24) is 50.1 Å². The molecule has 1 saturated carbocycles. The Morgan fingerprint density at radius 1 is 0.885 bits per heavy atom. The number of aromatic nitrogens is 5. The summed E-state index contributed by atoms with van der Waals surface area (Å²) < 4.78 is 30.1. The molecule has 4 aliphatic heterocycles. The van der Waals surface area contributed by atoms with E-state index < -0.39 is 5.92 Å². The van der Waals surface area contributed by atoms with Crippen LogP contribution in [-0.2, 0) is 4.79 Å². The molecule has 15 heteroatoms. The lowest BCUT2D eigenvalue weighted by molar-refractivity contribution is -0.130. The van der Waals surface area contributed by atoms with Crippen LogP contribution in [0.1, 0.15) is 123 Å². The van der Waals surface area contributed by atoms with E-state index >= 15 is 0 Å². The van der Waals surface area contributed by atoms with E-state index in [-0.39, 0.29) is 55.4 Å². The zero-order valence-corrected chi connectivity index (χ0v) is 35.7. The van der Waals surface area contributed by atoms with Crippen molar-refractivity contribution < 1.29 is 18.4 Å². The normalized spacial score (nSPS) is 24.2. The van der Waals surface area contributed by atoms with Gasteiger partial charge in [0.05, 0.1) is 17.5 Å². The molecule has 2 N–H and O–H groups in total. The van der Waals surface area contributed by atoms with E-state index in [1.54, 1.807) is 12.4 Å². The fraction of sp³-hybridized carbons (Fsp3) is 0.652.